The van der Waals surface area contributed by atoms with Crippen LogP contribution in [0.4, 0.5) is 10.7 Å². The highest BCUT2D eigenvalue weighted by Gasteiger charge is 2.29. The molecule has 43 heavy (non-hydrogen) atoms. The molecule has 11 nitrogen and oxygen atoms in total. The highest BCUT2D eigenvalue weighted by molar-refractivity contribution is 7.17. The van der Waals surface area contributed by atoms with Crippen molar-refractivity contribution in [2.45, 2.75) is 58.3 Å². The molecule has 0 bridgehead atoms. The maximum atomic E-state index is 14.0. The van der Waals surface area contributed by atoms with E-state index < -0.39 is 11.7 Å². The van der Waals surface area contributed by atoms with Crippen LogP contribution in [0, 0.1) is 11.3 Å². The number of aromatic nitrogens is 3. The van der Waals surface area contributed by atoms with Gasteiger partial charge in [0.15, 0.2) is 0 Å². The van der Waals surface area contributed by atoms with Crippen LogP contribution in [0.25, 0.3) is 10.2 Å². The number of amides is 2. The van der Waals surface area contributed by atoms with Crippen LogP contribution in [0.3, 0.4) is 0 Å². The van der Waals surface area contributed by atoms with Gasteiger partial charge in [0.25, 0.3) is 11.5 Å². The minimum absolute atomic E-state index is 0.126. The first-order chi connectivity index (χ1) is 20.6. The van der Waals surface area contributed by atoms with Crippen LogP contribution in [0.5, 0.6) is 0 Å². The summed E-state index contributed by atoms with van der Waals surface area (Å²) in [5.41, 5.74) is 1.54. The molecule has 4 heterocycles. The lowest BCUT2D eigenvalue weighted by Gasteiger charge is -2.35. The topological polar surface area (TPSA) is 142 Å². The Morgan fingerprint density at radius 2 is 1.98 bits per heavy atom. The highest BCUT2D eigenvalue weighted by atomic mass is 32.1. The van der Waals surface area contributed by atoms with E-state index in [0.29, 0.717) is 51.6 Å². The second-order valence-electron chi connectivity index (χ2n) is 11.3. The molecule has 1 fully saturated rings. The lowest BCUT2D eigenvalue weighted by Crippen LogP contribution is -2.50. The first-order valence-electron chi connectivity index (χ1n) is 14.1. The molecule has 0 spiro atoms. The number of rotatable bonds is 7. The maximum absolute atomic E-state index is 14.0. The monoisotopic (exact) mass is 599 g/mol. The number of thiophene rings is 1. The molecule has 1 aliphatic rings. The average molecular weight is 600 g/mol. The van der Waals surface area contributed by atoms with Gasteiger partial charge < -0.3 is 20.3 Å². The van der Waals surface area contributed by atoms with Crippen molar-refractivity contribution >= 4 is 39.5 Å². The molecule has 0 unspecified atom stereocenters. The number of nitriles is 1. The number of hydrogen-bond donors (Lipinski definition) is 2. The standard InChI is InChI=1S/C31H33N7O4S/c1-31(2,3)42-30(41)35-23-12-8-14-37(18-23)29-36-25-24(27(39)34-16-22-11-6-7-13-33-22)19-43-26(25)28(40)38(29)17-21-10-5-4-9-20(21)15-32/h4-7,9-11,13,19,23H,8,12,14,16-18H2,1-3H3,(H,34,39)(H,35,41)/t23-/m1/s1. The van der Waals surface area contributed by atoms with Gasteiger partial charge in [0.2, 0.25) is 5.95 Å². The fourth-order valence-corrected chi connectivity index (χ4v) is 5.92. The summed E-state index contributed by atoms with van der Waals surface area (Å²) in [5.74, 6) is 0.0172. The third-order valence-electron chi connectivity index (χ3n) is 6.95. The summed E-state index contributed by atoms with van der Waals surface area (Å²) in [6.07, 6.45) is 2.63. The van der Waals surface area contributed by atoms with Gasteiger partial charge in [0, 0.05) is 30.7 Å². The number of pyridine rings is 1. The van der Waals surface area contributed by atoms with E-state index in [0.717, 1.165) is 12.8 Å². The van der Waals surface area contributed by atoms with Crippen molar-refractivity contribution in [1.29, 1.82) is 5.26 Å². The van der Waals surface area contributed by atoms with E-state index in [1.54, 1.807) is 34.3 Å². The third kappa shape index (κ3) is 7.01. The van der Waals surface area contributed by atoms with Crippen molar-refractivity contribution in [2.24, 2.45) is 0 Å². The normalized spacial score (nSPS) is 15.1. The zero-order chi connectivity index (χ0) is 30.6. The molecule has 3 aromatic heterocycles. The van der Waals surface area contributed by atoms with Gasteiger partial charge in [-0.05, 0) is 57.4 Å². The lowest BCUT2D eigenvalue weighted by molar-refractivity contribution is 0.0499. The van der Waals surface area contributed by atoms with Crippen LogP contribution in [0.15, 0.2) is 58.8 Å². The first kappa shape index (κ1) is 29.7. The number of anilines is 1. The number of hydrogen-bond acceptors (Lipinski definition) is 9. The number of nitrogens with zero attached hydrogens (tertiary/aromatic N) is 5. The van der Waals surface area contributed by atoms with Gasteiger partial charge in [-0.3, -0.25) is 19.1 Å². The molecule has 1 atom stereocenters. The summed E-state index contributed by atoms with van der Waals surface area (Å²) >= 11 is 1.17. The fourth-order valence-electron chi connectivity index (χ4n) is 4.99. The predicted octanol–water partition coefficient (Wildman–Crippen LogP) is 4.20. The SMILES string of the molecule is CC(C)(C)OC(=O)N[C@@H]1CCCN(c2nc3c(C(=O)NCc4ccccn4)csc3c(=O)n2Cc2ccccc2C#N)C1. The Kier molecular flexibility index (Phi) is 8.73. The van der Waals surface area contributed by atoms with Crippen molar-refractivity contribution in [2.75, 3.05) is 18.0 Å². The Hall–Kier alpha value is -4.76. The summed E-state index contributed by atoms with van der Waals surface area (Å²) in [6.45, 7) is 6.76. The minimum Gasteiger partial charge on any atom is -0.444 e. The molecule has 0 saturated carbocycles. The summed E-state index contributed by atoms with van der Waals surface area (Å²) in [7, 11) is 0. The van der Waals surface area contributed by atoms with Crippen LogP contribution in [0.1, 0.15) is 60.8 Å². The van der Waals surface area contributed by atoms with Crippen LogP contribution in [-0.2, 0) is 17.8 Å². The quantitative estimate of drug-likeness (QED) is 0.322. The van der Waals surface area contributed by atoms with E-state index in [4.69, 9.17) is 9.72 Å². The summed E-state index contributed by atoms with van der Waals surface area (Å²) in [6, 6.07) is 14.6. The Labute approximate surface area is 253 Å². The van der Waals surface area contributed by atoms with E-state index >= 15 is 0 Å². The van der Waals surface area contributed by atoms with E-state index in [1.807, 2.05) is 49.9 Å². The molecule has 1 aliphatic heterocycles. The average Bonchev–Trinajstić information content (AvgIpc) is 3.41. The minimum atomic E-state index is -0.633. The van der Waals surface area contributed by atoms with Crippen LogP contribution < -0.4 is 21.1 Å². The molecule has 1 saturated heterocycles. The van der Waals surface area contributed by atoms with Gasteiger partial charge >= 0.3 is 6.09 Å². The summed E-state index contributed by atoms with van der Waals surface area (Å²) < 4.78 is 7.36. The van der Waals surface area contributed by atoms with Gasteiger partial charge in [-0.2, -0.15) is 5.26 Å². The third-order valence-corrected chi connectivity index (χ3v) is 7.91. The van der Waals surface area contributed by atoms with Crippen LogP contribution >= 0.6 is 11.3 Å². The number of carbonyl (C=O) groups excluding carboxylic acids is 2. The Bertz CT molecular complexity index is 1740. The molecule has 222 valence electrons. The second kappa shape index (κ2) is 12.6. The molecule has 0 radical (unpaired) electrons. The molecule has 12 heteroatoms. The van der Waals surface area contributed by atoms with E-state index in [-0.39, 0.29) is 30.6 Å². The largest absolute Gasteiger partial charge is 0.444 e. The van der Waals surface area contributed by atoms with E-state index in [2.05, 4.69) is 21.7 Å². The number of piperidine rings is 1. The van der Waals surface area contributed by atoms with Crippen molar-refractivity contribution in [3.63, 3.8) is 0 Å². The Balaban J connectivity index is 1.51. The number of alkyl carbamates (subject to hydrolysis) is 1. The molecule has 0 aliphatic carbocycles. The number of nitrogens with one attached hydrogen (secondary N) is 2. The van der Waals surface area contributed by atoms with Crippen molar-refractivity contribution < 1.29 is 14.3 Å². The number of benzene rings is 1. The Morgan fingerprint density at radius 3 is 2.72 bits per heavy atom. The van der Waals surface area contributed by atoms with E-state index in [9.17, 15) is 19.6 Å². The van der Waals surface area contributed by atoms with Crippen molar-refractivity contribution in [3.8, 4) is 6.07 Å². The number of ether oxygens (including phenoxy) is 1. The zero-order valence-electron chi connectivity index (χ0n) is 24.3. The predicted molar refractivity (Wildman–Crippen MR) is 164 cm³/mol. The lowest BCUT2D eigenvalue weighted by atomic mass is 10.1. The number of fused-ring (bicyclic) bond motifs is 1. The molecule has 1 aromatic carbocycles. The van der Waals surface area contributed by atoms with Gasteiger partial charge in [0.1, 0.15) is 15.8 Å². The first-order valence-corrected chi connectivity index (χ1v) is 14.9. The maximum Gasteiger partial charge on any atom is 0.407 e. The Morgan fingerprint density at radius 1 is 1.19 bits per heavy atom. The van der Waals surface area contributed by atoms with Gasteiger partial charge in [-0.25, -0.2) is 9.78 Å². The second-order valence-corrected chi connectivity index (χ2v) is 12.2. The fraction of sp³-hybridized carbons (Fsp3) is 0.355. The van der Waals surface area contributed by atoms with Gasteiger partial charge in [-0.15, -0.1) is 11.3 Å². The molecule has 5 rings (SSSR count). The molecular formula is C31H33N7O4S. The zero-order valence-corrected chi connectivity index (χ0v) is 25.1. The summed E-state index contributed by atoms with van der Waals surface area (Å²) in [5, 5.41) is 17.2. The van der Waals surface area contributed by atoms with Gasteiger partial charge in [0.05, 0.1) is 36.0 Å². The molecule has 2 amide bonds. The van der Waals surface area contributed by atoms with Crippen molar-refractivity contribution in [3.05, 3.63) is 86.8 Å². The summed E-state index contributed by atoms with van der Waals surface area (Å²) in [4.78, 5) is 50.9. The van der Waals surface area contributed by atoms with Gasteiger partial charge in [-0.1, -0.05) is 24.3 Å². The molecule has 4 aromatic rings. The smallest absolute Gasteiger partial charge is 0.407 e. The van der Waals surface area contributed by atoms with Crippen LogP contribution in [0.2, 0.25) is 0 Å². The molecular weight excluding hydrogens is 566 g/mol. The molecule has 2 N–H and O–H groups in total. The van der Waals surface area contributed by atoms with Crippen LogP contribution in [-0.4, -0.2) is 51.3 Å². The van der Waals surface area contributed by atoms with Crippen molar-refractivity contribution in [1.82, 2.24) is 25.2 Å². The highest BCUT2D eigenvalue weighted by Crippen LogP contribution is 2.27. The van der Waals surface area contributed by atoms with E-state index in [1.165, 1.54) is 11.3 Å². The number of carbonyl (C=O) groups is 2.